The highest BCUT2D eigenvalue weighted by atomic mass is 79.9. The number of hydrogen-bond donors (Lipinski definition) is 3. The third-order valence-electron chi connectivity index (χ3n) is 2.25. The van der Waals surface area contributed by atoms with Crippen molar-refractivity contribution in [3.8, 4) is 0 Å². The van der Waals surface area contributed by atoms with Gasteiger partial charge in [-0.3, -0.25) is 4.79 Å². The first-order valence-corrected chi connectivity index (χ1v) is 6.28. The lowest BCUT2D eigenvalue weighted by molar-refractivity contribution is 0.184. The molecule has 0 aliphatic rings. The maximum Gasteiger partial charge on any atom is 0.319 e. The Balaban J connectivity index is 2.62. The summed E-state index contributed by atoms with van der Waals surface area (Å²) in [5.74, 6) is 0. The van der Waals surface area contributed by atoms with Gasteiger partial charge in [-0.1, -0.05) is 0 Å². The molecule has 0 saturated heterocycles. The Kier molecular flexibility index (Phi) is 5.36. The van der Waals surface area contributed by atoms with Crippen molar-refractivity contribution < 1.29 is 9.90 Å². The van der Waals surface area contributed by atoms with E-state index in [0.717, 1.165) is 0 Å². The molecule has 0 fully saturated rings. The van der Waals surface area contributed by atoms with Crippen molar-refractivity contribution in [3.05, 3.63) is 27.1 Å². The van der Waals surface area contributed by atoms with Gasteiger partial charge < -0.3 is 20.3 Å². The lowest BCUT2D eigenvalue weighted by Crippen LogP contribution is -2.33. The molecular formula is C11H16BrN3O3. The van der Waals surface area contributed by atoms with Crippen LogP contribution in [-0.2, 0) is 7.05 Å². The molecule has 18 heavy (non-hydrogen) atoms. The number of urea groups is 1. The number of aliphatic hydroxyl groups is 1. The molecule has 0 spiro atoms. The van der Waals surface area contributed by atoms with Crippen LogP contribution in [0.15, 0.2) is 21.5 Å². The number of anilines is 1. The second kappa shape index (κ2) is 6.55. The van der Waals surface area contributed by atoms with Crippen molar-refractivity contribution in [2.24, 2.45) is 7.05 Å². The Morgan fingerprint density at radius 2 is 2.28 bits per heavy atom. The van der Waals surface area contributed by atoms with Gasteiger partial charge in [0, 0.05) is 24.3 Å². The zero-order valence-corrected chi connectivity index (χ0v) is 11.8. The van der Waals surface area contributed by atoms with Gasteiger partial charge in [-0.25, -0.2) is 4.79 Å². The third-order valence-corrected chi connectivity index (χ3v) is 2.68. The van der Waals surface area contributed by atoms with Gasteiger partial charge in [-0.2, -0.15) is 0 Å². The average Bonchev–Trinajstić information content (AvgIpc) is 2.24. The molecule has 1 aromatic heterocycles. The Hall–Kier alpha value is -1.34. The quantitative estimate of drug-likeness (QED) is 0.776. The molecule has 0 aliphatic heterocycles. The number of amides is 2. The molecule has 1 rings (SSSR count). The van der Waals surface area contributed by atoms with Crippen molar-refractivity contribution in [1.29, 1.82) is 0 Å². The summed E-state index contributed by atoms with van der Waals surface area (Å²) < 4.78 is 2.07. The van der Waals surface area contributed by atoms with Gasteiger partial charge in [0.25, 0.3) is 5.56 Å². The third kappa shape index (κ3) is 4.50. The highest BCUT2D eigenvalue weighted by Gasteiger charge is 2.07. The summed E-state index contributed by atoms with van der Waals surface area (Å²) in [6, 6.07) is 1.07. The van der Waals surface area contributed by atoms with E-state index in [9.17, 15) is 9.59 Å². The van der Waals surface area contributed by atoms with Crippen LogP contribution in [0, 0.1) is 0 Å². The molecule has 0 saturated carbocycles. The number of pyridine rings is 1. The normalized spacial score (nSPS) is 12.0. The number of nitrogens with zero attached hydrogens (tertiary/aromatic N) is 1. The van der Waals surface area contributed by atoms with Gasteiger partial charge in [0.15, 0.2) is 0 Å². The SMILES string of the molecule is CC(O)CCNC(=O)Nc1cc(Br)cn(C)c1=O. The van der Waals surface area contributed by atoms with Crippen molar-refractivity contribution in [1.82, 2.24) is 9.88 Å². The maximum atomic E-state index is 11.7. The van der Waals surface area contributed by atoms with E-state index in [1.165, 1.54) is 10.6 Å². The number of hydrogen-bond acceptors (Lipinski definition) is 3. The molecule has 0 aromatic carbocycles. The molecule has 0 aliphatic carbocycles. The molecule has 6 nitrogen and oxygen atoms in total. The van der Waals surface area contributed by atoms with Crippen LogP contribution in [-0.4, -0.2) is 28.4 Å². The second-order valence-corrected chi connectivity index (χ2v) is 4.92. The Morgan fingerprint density at radius 1 is 1.61 bits per heavy atom. The molecule has 3 N–H and O–H groups in total. The fourth-order valence-electron chi connectivity index (χ4n) is 1.32. The van der Waals surface area contributed by atoms with E-state index >= 15 is 0 Å². The number of rotatable bonds is 4. The van der Waals surface area contributed by atoms with Gasteiger partial charge in [0.1, 0.15) is 5.69 Å². The number of halogens is 1. The monoisotopic (exact) mass is 317 g/mol. The molecule has 1 unspecified atom stereocenters. The predicted molar refractivity (Wildman–Crippen MR) is 72.7 cm³/mol. The summed E-state index contributed by atoms with van der Waals surface area (Å²) in [6.45, 7) is 1.99. The highest BCUT2D eigenvalue weighted by molar-refractivity contribution is 9.10. The molecule has 2 amide bonds. The van der Waals surface area contributed by atoms with Crippen LogP contribution in [0.25, 0.3) is 0 Å². The minimum absolute atomic E-state index is 0.196. The van der Waals surface area contributed by atoms with Gasteiger partial charge in [0.2, 0.25) is 0 Å². The number of aromatic nitrogens is 1. The van der Waals surface area contributed by atoms with Crippen LogP contribution in [0.2, 0.25) is 0 Å². The van der Waals surface area contributed by atoms with E-state index in [1.54, 1.807) is 20.2 Å². The van der Waals surface area contributed by atoms with Crippen LogP contribution in [0.5, 0.6) is 0 Å². The first-order valence-electron chi connectivity index (χ1n) is 5.49. The fourth-order valence-corrected chi connectivity index (χ4v) is 1.86. The average molecular weight is 318 g/mol. The summed E-state index contributed by atoms with van der Waals surface area (Å²) in [6.07, 6.45) is 1.60. The second-order valence-electron chi connectivity index (χ2n) is 4.01. The van der Waals surface area contributed by atoms with Crippen molar-refractivity contribution in [2.75, 3.05) is 11.9 Å². The van der Waals surface area contributed by atoms with E-state index in [1.807, 2.05) is 0 Å². The summed E-state index contributed by atoms with van der Waals surface area (Å²) in [4.78, 5) is 23.2. The smallest absolute Gasteiger partial charge is 0.319 e. The molecule has 1 aromatic rings. The van der Waals surface area contributed by atoms with Crippen LogP contribution in [0.4, 0.5) is 10.5 Å². The number of aliphatic hydroxyl groups excluding tert-OH is 1. The van der Waals surface area contributed by atoms with Gasteiger partial charge in [0.05, 0.1) is 6.10 Å². The lowest BCUT2D eigenvalue weighted by atomic mass is 10.3. The summed E-state index contributed by atoms with van der Waals surface area (Å²) >= 11 is 3.24. The van der Waals surface area contributed by atoms with Gasteiger partial charge in [-0.15, -0.1) is 0 Å². The Bertz CT molecular complexity index is 485. The minimum atomic E-state index is -0.468. The highest BCUT2D eigenvalue weighted by Crippen LogP contribution is 2.11. The first-order chi connectivity index (χ1) is 8.40. The summed E-state index contributed by atoms with van der Waals surface area (Å²) in [5, 5.41) is 14.1. The molecule has 1 atom stereocenters. The number of carbonyl (C=O) groups is 1. The van der Waals surface area contributed by atoms with Crippen LogP contribution < -0.4 is 16.2 Å². The fraction of sp³-hybridized carbons (Fsp3) is 0.455. The van der Waals surface area contributed by atoms with Crippen LogP contribution in [0.1, 0.15) is 13.3 Å². The zero-order chi connectivity index (χ0) is 13.7. The Labute approximate surface area is 113 Å². The molecule has 0 bridgehead atoms. The predicted octanol–water partition coefficient (Wildman–Crippen LogP) is 1.04. The summed E-state index contributed by atoms with van der Waals surface area (Å²) in [5.41, 5.74) is -0.0923. The minimum Gasteiger partial charge on any atom is -0.393 e. The topological polar surface area (TPSA) is 83.4 Å². The molecular weight excluding hydrogens is 302 g/mol. The van der Waals surface area contributed by atoms with Crippen molar-refractivity contribution in [2.45, 2.75) is 19.4 Å². The van der Waals surface area contributed by atoms with Gasteiger partial charge >= 0.3 is 6.03 Å². The maximum absolute atomic E-state index is 11.7. The van der Waals surface area contributed by atoms with Crippen molar-refractivity contribution in [3.63, 3.8) is 0 Å². The molecule has 100 valence electrons. The largest absolute Gasteiger partial charge is 0.393 e. The molecule has 1 heterocycles. The molecule has 7 heteroatoms. The van der Waals surface area contributed by atoms with Crippen LogP contribution >= 0.6 is 15.9 Å². The molecule has 0 radical (unpaired) electrons. The number of aryl methyl sites for hydroxylation is 1. The van der Waals surface area contributed by atoms with E-state index in [2.05, 4.69) is 26.6 Å². The first kappa shape index (κ1) is 14.7. The van der Waals surface area contributed by atoms with Gasteiger partial charge in [-0.05, 0) is 35.3 Å². The zero-order valence-electron chi connectivity index (χ0n) is 10.2. The number of nitrogens with one attached hydrogen (secondary N) is 2. The Morgan fingerprint density at radius 3 is 2.89 bits per heavy atom. The van der Waals surface area contributed by atoms with E-state index in [0.29, 0.717) is 17.4 Å². The van der Waals surface area contributed by atoms with E-state index in [4.69, 9.17) is 5.11 Å². The standard InChI is InChI=1S/C11H16BrN3O3/c1-7(16)3-4-13-11(18)14-9-5-8(12)6-15(2)10(9)17/h5-7,16H,3-4H2,1-2H3,(H2,13,14,18). The number of carbonyl (C=O) groups excluding carboxylic acids is 1. The van der Waals surface area contributed by atoms with E-state index < -0.39 is 12.1 Å². The van der Waals surface area contributed by atoms with Crippen LogP contribution in [0.3, 0.4) is 0 Å². The van der Waals surface area contributed by atoms with Crippen molar-refractivity contribution >= 4 is 27.6 Å². The summed E-state index contributed by atoms with van der Waals surface area (Å²) in [7, 11) is 1.60. The lowest BCUT2D eigenvalue weighted by Gasteiger charge is -2.09. The van der Waals surface area contributed by atoms with E-state index in [-0.39, 0.29) is 11.2 Å².